The minimum Gasteiger partial charge on any atom is -0.462 e. The first-order valence-corrected chi connectivity index (χ1v) is 11.4. The van der Waals surface area contributed by atoms with Gasteiger partial charge in [0.15, 0.2) is 12.2 Å². The summed E-state index contributed by atoms with van der Waals surface area (Å²) in [5.74, 6) is -2.08. The molecule has 0 aromatic heterocycles. The van der Waals surface area contributed by atoms with Crippen LogP contribution >= 0.6 is 11.6 Å². The number of carbonyl (C=O) groups is 4. The summed E-state index contributed by atoms with van der Waals surface area (Å²) in [6.07, 6.45) is 6.71. The summed E-state index contributed by atoms with van der Waals surface area (Å²) in [6.45, 7) is 5.84. The van der Waals surface area contributed by atoms with Gasteiger partial charge in [0.1, 0.15) is 13.2 Å². The first kappa shape index (κ1) is 29.2. The molecular weight excluding hydrogens is 428 g/mol. The van der Waals surface area contributed by atoms with Crippen molar-refractivity contribution in [3.8, 4) is 0 Å². The maximum atomic E-state index is 12.3. The molecule has 31 heavy (non-hydrogen) atoms. The predicted octanol–water partition coefficient (Wildman–Crippen LogP) is 4.16. The van der Waals surface area contributed by atoms with E-state index in [0.29, 0.717) is 6.42 Å². The maximum Gasteiger partial charge on any atom is 0.309 e. The average molecular weight is 465 g/mol. The molecule has 0 heterocycles. The van der Waals surface area contributed by atoms with E-state index in [1.165, 1.54) is 13.8 Å². The van der Waals surface area contributed by atoms with Gasteiger partial charge in [0.25, 0.3) is 0 Å². The van der Waals surface area contributed by atoms with Crippen LogP contribution in [0.4, 0.5) is 0 Å². The fraction of sp³-hybridized carbons (Fsp3) is 0.818. The Balaban J connectivity index is 3.98. The summed E-state index contributed by atoms with van der Waals surface area (Å²) in [6, 6.07) is -0.103. The minimum absolute atomic E-state index is 0.103. The van der Waals surface area contributed by atoms with E-state index in [1.807, 2.05) is 6.92 Å². The number of esters is 4. The summed E-state index contributed by atoms with van der Waals surface area (Å²) in [7, 11) is 0. The molecule has 2 unspecified atom stereocenters. The number of unbranched alkanes of at least 4 members (excludes halogenated alkanes) is 5. The molecule has 0 amide bonds. The van der Waals surface area contributed by atoms with Crippen molar-refractivity contribution in [1.29, 1.82) is 0 Å². The molecule has 180 valence electrons. The van der Waals surface area contributed by atoms with E-state index in [4.69, 9.17) is 30.5 Å². The smallest absolute Gasteiger partial charge is 0.309 e. The van der Waals surface area contributed by atoms with Crippen LogP contribution in [-0.2, 0) is 38.1 Å². The number of hydrogen-bond acceptors (Lipinski definition) is 8. The van der Waals surface area contributed by atoms with E-state index in [0.717, 1.165) is 44.9 Å². The van der Waals surface area contributed by atoms with Crippen molar-refractivity contribution in [1.82, 2.24) is 0 Å². The first-order valence-electron chi connectivity index (χ1n) is 10.9. The minimum atomic E-state index is -0.813. The van der Waals surface area contributed by atoms with Crippen LogP contribution in [0.2, 0.25) is 0 Å². The van der Waals surface area contributed by atoms with Gasteiger partial charge in [-0.3, -0.25) is 19.2 Å². The van der Waals surface area contributed by atoms with Crippen LogP contribution in [-0.4, -0.2) is 49.3 Å². The van der Waals surface area contributed by atoms with Gasteiger partial charge in [-0.2, -0.15) is 0 Å². The van der Waals surface area contributed by atoms with Crippen LogP contribution in [0, 0.1) is 11.8 Å². The normalized spacial score (nSPS) is 12.7. The molecule has 0 saturated heterocycles. The lowest BCUT2D eigenvalue weighted by molar-refractivity contribution is -0.168. The van der Waals surface area contributed by atoms with Gasteiger partial charge < -0.3 is 18.9 Å². The van der Waals surface area contributed by atoms with Gasteiger partial charge in [-0.05, 0) is 12.8 Å². The molecule has 0 N–H and O–H groups in total. The van der Waals surface area contributed by atoms with Crippen LogP contribution in [0.5, 0.6) is 0 Å². The van der Waals surface area contributed by atoms with Gasteiger partial charge in [-0.1, -0.05) is 64.0 Å². The van der Waals surface area contributed by atoms with Gasteiger partial charge in [-0.25, -0.2) is 0 Å². The molecular formula is C22H37ClO8. The molecule has 0 aromatic carbocycles. The van der Waals surface area contributed by atoms with Gasteiger partial charge in [0, 0.05) is 13.8 Å². The highest BCUT2D eigenvalue weighted by Crippen LogP contribution is 2.16. The monoisotopic (exact) mass is 464 g/mol. The summed E-state index contributed by atoms with van der Waals surface area (Å²) in [5, 5.41) is 0. The molecule has 0 aliphatic heterocycles. The van der Waals surface area contributed by atoms with E-state index in [2.05, 4.69) is 0 Å². The maximum absolute atomic E-state index is 12.3. The number of carbonyl (C=O) groups excluding carboxylic acids is 4. The number of halogens is 1. The Kier molecular flexibility index (Phi) is 16.8. The third-order valence-electron chi connectivity index (χ3n) is 4.75. The van der Waals surface area contributed by atoms with E-state index >= 15 is 0 Å². The Morgan fingerprint density at radius 1 is 0.677 bits per heavy atom. The zero-order chi connectivity index (χ0) is 23.6. The molecule has 0 aliphatic rings. The second kappa shape index (κ2) is 17.8. The third-order valence-corrected chi connectivity index (χ3v) is 4.86. The molecule has 9 heteroatoms. The quantitative estimate of drug-likeness (QED) is 0.137. The summed E-state index contributed by atoms with van der Waals surface area (Å²) >= 11 is 5.38. The summed E-state index contributed by atoms with van der Waals surface area (Å²) in [5.41, 5.74) is 0. The third kappa shape index (κ3) is 16.5. The van der Waals surface area contributed by atoms with Crippen LogP contribution in [0.3, 0.4) is 0 Å². The van der Waals surface area contributed by atoms with E-state index in [1.54, 1.807) is 6.92 Å². The molecule has 0 spiro atoms. The Morgan fingerprint density at radius 3 is 1.52 bits per heavy atom. The average Bonchev–Trinajstić information content (AvgIpc) is 2.71. The van der Waals surface area contributed by atoms with E-state index < -0.39 is 24.0 Å². The number of alkyl halides is 1. The molecule has 0 aromatic rings. The number of hydrogen-bond donors (Lipinski definition) is 0. The zero-order valence-corrected chi connectivity index (χ0v) is 19.9. The molecule has 0 aliphatic carbocycles. The van der Waals surface area contributed by atoms with Crippen molar-refractivity contribution in [3.63, 3.8) is 0 Å². The van der Waals surface area contributed by atoms with Crippen molar-refractivity contribution < 1.29 is 38.1 Å². The Hall–Kier alpha value is -1.83. The Bertz CT molecular complexity index is 534. The van der Waals surface area contributed by atoms with Crippen molar-refractivity contribution in [2.75, 3.05) is 19.3 Å². The fourth-order valence-corrected chi connectivity index (χ4v) is 2.96. The van der Waals surface area contributed by atoms with Crippen LogP contribution in [0.15, 0.2) is 0 Å². The van der Waals surface area contributed by atoms with Gasteiger partial charge in [0.2, 0.25) is 0 Å². The Morgan fingerprint density at radius 2 is 1.10 bits per heavy atom. The lowest BCUT2D eigenvalue weighted by atomic mass is 10.00. The van der Waals surface area contributed by atoms with Crippen molar-refractivity contribution >= 4 is 35.5 Å². The largest absolute Gasteiger partial charge is 0.462 e. The van der Waals surface area contributed by atoms with E-state index in [9.17, 15) is 19.2 Å². The molecule has 0 radical (unpaired) electrons. The lowest BCUT2D eigenvalue weighted by Gasteiger charge is -2.19. The van der Waals surface area contributed by atoms with E-state index in [-0.39, 0.29) is 37.1 Å². The standard InChI is InChI=1S/C22H37ClO8/c1-16(21(26)30-15-23)11-9-7-5-6-8-10-12-17(2)22(27)31-20(13-28-18(3)24)14-29-19(4)25/h16-17,20H,5-15H2,1-4H3. The molecule has 8 nitrogen and oxygen atoms in total. The van der Waals surface area contributed by atoms with Crippen LogP contribution in [0.25, 0.3) is 0 Å². The van der Waals surface area contributed by atoms with Gasteiger partial charge in [0.05, 0.1) is 11.8 Å². The second-order valence-corrected chi connectivity index (χ2v) is 7.96. The Labute approximate surface area is 190 Å². The molecule has 0 rings (SSSR count). The molecule has 2 atom stereocenters. The number of ether oxygens (including phenoxy) is 4. The molecule has 0 saturated carbocycles. The SMILES string of the molecule is CC(=O)OCC(COC(C)=O)OC(=O)C(C)CCCCCCCCC(C)C(=O)OCCl. The van der Waals surface area contributed by atoms with Crippen molar-refractivity contribution in [2.45, 2.75) is 85.2 Å². The van der Waals surface area contributed by atoms with Gasteiger partial charge in [-0.15, -0.1) is 0 Å². The van der Waals surface area contributed by atoms with Crippen molar-refractivity contribution in [3.05, 3.63) is 0 Å². The predicted molar refractivity (Wildman–Crippen MR) is 115 cm³/mol. The zero-order valence-electron chi connectivity index (χ0n) is 19.2. The van der Waals surface area contributed by atoms with Gasteiger partial charge >= 0.3 is 23.9 Å². The topological polar surface area (TPSA) is 105 Å². The lowest BCUT2D eigenvalue weighted by Crippen LogP contribution is -2.32. The highest BCUT2D eigenvalue weighted by molar-refractivity contribution is 6.17. The van der Waals surface area contributed by atoms with Crippen LogP contribution in [0.1, 0.15) is 79.1 Å². The summed E-state index contributed by atoms with van der Waals surface area (Å²) < 4.78 is 19.8. The fourth-order valence-electron chi connectivity index (χ4n) is 2.86. The van der Waals surface area contributed by atoms with Crippen molar-refractivity contribution in [2.24, 2.45) is 11.8 Å². The highest BCUT2D eigenvalue weighted by Gasteiger charge is 2.22. The first-order chi connectivity index (χ1) is 14.7. The van der Waals surface area contributed by atoms with Crippen LogP contribution < -0.4 is 0 Å². The summed E-state index contributed by atoms with van der Waals surface area (Å²) in [4.78, 5) is 45.7. The molecule has 0 bridgehead atoms. The number of rotatable bonds is 17. The second-order valence-electron chi connectivity index (χ2n) is 7.74. The highest BCUT2D eigenvalue weighted by atomic mass is 35.5. The molecule has 0 fully saturated rings.